The fraction of sp³-hybridized carbons (Fsp3) is 0.684. The number of hydrogen-bond acceptors (Lipinski definition) is 6. The minimum absolute atomic E-state index is 0.0908. The van der Waals surface area contributed by atoms with Gasteiger partial charge < -0.3 is 23.7 Å². The molecule has 0 radical (unpaired) electrons. The summed E-state index contributed by atoms with van der Waals surface area (Å²) in [6.07, 6.45) is 0.859. The van der Waals surface area contributed by atoms with Crippen molar-refractivity contribution in [3.05, 3.63) is 17.7 Å². The summed E-state index contributed by atoms with van der Waals surface area (Å²) in [5.41, 5.74) is 0.848. The molecule has 2 aliphatic heterocycles. The summed E-state index contributed by atoms with van der Waals surface area (Å²) >= 11 is 0. The lowest BCUT2D eigenvalue weighted by Crippen LogP contribution is -2.58. The molecule has 1 unspecified atom stereocenters. The quantitative estimate of drug-likeness (QED) is 0.831. The fourth-order valence-corrected chi connectivity index (χ4v) is 4.44. The van der Waals surface area contributed by atoms with E-state index in [9.17, 15) is 0 Å². The highest BCUT2D eigenvalue weighted by Gasteiger charge is 2.58. The van der Waals surface area contributed by atoms with E-state index >= 15 is 0 Å². The van der Waals surface area contributed by atoms with Crippen molar-refractivity contribution in [3.63, 3.8) is 0 Å². The van der Waals surface area contributed by atoms with Crippen LogP contribution in [-0.4, -0.2) is 58.8 Å². The van der Waals surface area contributed by atoms with Crippen molar-refractivity contribution >= 4 is 0 Å². The van der Waals surface area contributed by atoms with Crippen LogP contribution in [0.4, 0.5) is 0 Å². The first-order valence-corrected chi connectivity index (χ1v) is 8.68. The van der Waals surface area contributed by atoms with Gasteiger partial charge in [0.15, 0.2) is 17.3 Å². The van der Waals surface area contributed by atoms with Crippen LogP contribution in [-0.2, 0) is 9.47 Å². The number of nitrogens with zero attached hydrogens (tertiary/aromatic N) is 1. The predicted molar refractivity (Wildman–Crippen MR) is 94.5 cm³/mol. The maximum absolute atomic E-state index is 6.12. The molecule has 6 heteroatoms. The number of likely N-dealkylation sites (tertiary alicyclic amines) is 1. The third kappa shape index (κ3) is 2.76. The van der Waals surface area contributed by atoms with E-state index in [1.165, 1.54) is 0 Å². The Balaban J connectivity index is 2.09. The lowest BCUT2D eigenvalue weighted by molar-refractivity contribution is -0.270. The minimum Gasteiger partial charge on any atom is -0.493 e. The van der Waals surface area contributed by atoms with E-state index < -0.39 is 5.79 Å². The van der Waals surface area contributed by atoms with E-state index in [0.717, 1.165) is 18.5 Å². The van der Waals surface area contributed by atoms with Crippen LogP contribution in [0.5, 0.6) is 17.2 Å². The second-order valence-electron chi connectivity index (χ2n) is 7.26. The number of methoxy groups -OCH3 is 3. The van der Waals surface area contributed by atoms with Gasteiger partial charge in [0.1, 0.15) is 0 Å². The average Bonchev–Trinajstić information content (AvgIpc) is 3.08. The second-order valence-corrected chi connectivity index (χ2v) is 7.26. The van der Waals surface area contributed by atoms with Crippen LogP contribution in [0.15, 0.2) is 12.1 Å². The summed E-state index contributed by atoms with van der Waals surface area (Å²) in [4.78, 5) is 2.34. The van der Waals surface area contributed by atoms with E-state index in [-0.39, 0.29) is 11.5 Å². The molecular weight excluding hydrogens is 322 g/mol. The van der Waals surface area contributed by atoms with Crippen LogP contribution in [0.25, 0.3) is 0 Å². The Kier molecular flexibility index (Phi) is 4.88. The van der Waals surface area contributed by atoms with E-state index in [1.54, 1.807) is 21.3 Å². The molecule has 0 amide bonds. The lowest BCUT2D eigenvalue weighted by atomic mass is 9.69. The molecule has 1 aromatic rings. The van der Waals surface area contributed by atoms with Crippen molar-refractivity contribution in [2.24, 2.45) is 5.41 Å². The van der Waals surface area contributed by atoms with Crippen LogP contribution in [0.3, 0.4) is 0 Å². The van der Waals surface area contributed by atoms with Gasteiger partial charge in [-0.1, -0.05) is 13.8 Å². The van der Waals surface area contributed by atoms with Crippen molar-refractivity contribution in [3.8, 4) is 17.2 Å². The zero-order valence-corrected chi connectivity index (χ0v) is 16.0. The largest absolute Gasteiger partial charge is 0.493 e. The highest BCUT2D eigenvalue weighted by molar-refractivity contribution is 5.54. The van der Waals surface area contributed by atoms with Crippen molar-refractivity contribution in [1.29, 1.82) is 0 Å². The highest BCUT2D eigenvalue weighted by Crippen LogP contribution is 2.55. The summed E-state index contributed by atoms with van der Waals surface area (Å²) < 4.78 is 28.8. The molecule has 25 heavy (non-hydrogen) atoms. The molecular formula is C19H29NO5. The number of hydrogen-bond donors (Lipinski definition) is 0. The first-order chi connectivity index (χ1) is 11.9. The summed E-state index contributed by atoms with van der Waals surface area (Å²) in [6.45, 7) is 6.61. The average molecular weight is 351 g/mol. The van der Waals surface area contributed by atoms with E-state index in [4.69, 9.17) is 23.7 Å². The number of rotatable bonds is 4. The zero-order valence-electron chi connectivity index (χ0n) is 16.0. The summed E-state index contributed by atoms with van der Waals surface area (Å²) in [7, 11) is 7.03. The molecule has 0 aromatic heterocycles. The normalized spacial score (nSPS) is 25.1. The molecule has 2 heterocycles. The van der Waals surface area contributed by atoms with Gasteiger partial charge in [0.2, 0.25) is 5.75 Å². The van der Waals surface area contributed by atoms with Crippen molar-refractivity contribution in [1.82, 2.24) is 4.90 Å². The van der Waals surface area contributed by atoms with Crippen molar-refractivity contribution < 1.29 is 23.7 Å². The van der Waals surface area contributed by atoms with Crippen LogP contribution < -0.4 is 14.2 Å². The summed E-state index contributed by atoms with van der Waals surface area (Å²) in [5, 5.41) is 0. The molecule has 2 saturated heterocycles. The molecule has 0 bridgehead atoms. The molecule has 2 fully saturated rings. The second kappa shape index (κ2) is 6.67. The summed E-state index contributed by atoms with van der Waals surface area (Å²) in [6, 6.07) is 4.14. The van der Waals surface area contributed by atoms with Gasteiger partial charge in [-0.25, -0.2) is 0 Å². The molecule has 0 saturated carbocycles. The van der Waals surface area contributed by atoms with Gasteiger partial charge in [-0.05, 0) is 24.7 Å². The van der Waals surface area contributed by atoms with E-state index in [0.29, 0.717) is 30.5 Å². The lowest BCUT2D eigenvalue weighted by Gasteiger charge is -2.54. The Morgan fingerprint density at radius 1 is 1.00 bits per heavy atom. The van der Waals surface area contributed by atoms with Gasteiger partial charge >= 0.3 is 0 Å². The van der Waals surface area contributed by atoms with E-state index in [2.05, 4.69) is 25.8 Å². The Hall–Kier alpha value is -1.50. The number of piperidine rings is 1. The van der Waals surface area contributed by atoms with Crippen molar-refractivity contribution in [2.45, 2.75) is 32.1 Å². The van der Waals surface area contributed by atoms with Crippen LogP contribution in [0, 0.1) is 5.41 Å². The number of ether oxygens (including phenoxy) is 5. The molecule has 6 nitrogen and oxygen atoms in total. The minimum atomic E-state index is -0.551. The van der Waals surface area contributed by atoms with Crippen molar-refractivity contribution in [2.75, 3.05) is 48.1 Å². The number of benzene rings is 1. The Morgan fingerprint density at radius 3 is 2.04 bits per heavy atom. The maximum atomic E-state index is 6.12. The monoisotopic (exact) mass is 351 g/mol. The molecule has 3 rings (SSSR count). The van der Waals surface area contributed by atoms with Crippen LogP contribution >= 0.6 is 0 Å². The Labute approximate surface area is 149 Å². The van der Waals surface area contributed by atoms with Gasteiger partial charge in [0.25, 0.3) is 0 Å². The summed E-state index contributed by atoms with van der Waals surface area (Å²) in [5.74, 6) is 1.38. The molecule has 2 aliphatic rings. The first kappa shape index (κ1) is 18.3. The molecule has 140 valence electrons. The standard InChI is InChI=1S/C19H29NO5/c1-18(2)17(20(3)8-7-19(18)24-9-10-25-19)13-11-14(21-4)16(23-6)15(12-13)22-5/h11-12,17H,7-10H2,1-6H3. The third-order valence-corrected chi connectivity index (χ3v) is 5.66. The first-order valence-electron chi connectivity index (χ1n) is 8.68. The molecule has 1 aromatic carbocycles. The topological polar surface area (TPSA) is 49.4 Å². The molecule has 1 spiro atoms. The van der Waals surface area contributed by atoms with Gasteiger partial charge in [-0.15, -0.1) is 0 Å². The fourth-order valence-electron chi connectivity index (χ4n) is 4.44. The Bertz CT molecular complexity index is 599. The van der Waals surface area contributed by atoms with Crippen LogP contribution in [0.1, 0.15) is 31.9 Å². The van der Waals surface area contributed by atoms with Gasteiger partial charge in [0.05, 0.1) is 34.5 Å². The SMILES string of the molecule is COc1cc(C2N(C)CCC3(OCCO3)C2(C)C)cc(OC)c1OC. The molecule has 0 aliphatic carbocycles. The Morgan fingerprint density at radius 2 is 1.56 bits per heavy atom. The van der Waals surface area contributed by atoms with Crippen LogP contribution in [0.2, 0.25) is 0 Å². The third-order valence-electron chi connectivity index (χ3n) is 5.66. The smallest absolute Gasteiger partial charge is 0.203 e. The molecule has 1 atom stereocenters. The van der Waals surface area contributed by atoms with Gasteiger partial charge in [-0.3, -0.25) is 4.90 Å². The predicted octanol–water partition coefficient (Wildman–Crippen LogP) is 2.86. The van der Waals surface area contributed by atoms with E-state index in [1.807, 2.05) is 12.1 Å². The molecule has 0 N–H and O–H groups in total. The maximum Gasteiger partial charge on any atom is 0.203 e. The van der Waals surface area contributed by atoms with Gasteiger partial charge in [0, 0.05) is 24.4 Å². The highest BCUT2D eigenvalue weighted by atomic mass is 16.7. The zero-order chi connectivity index (χ0) is 18.2. The van der Waals surface area contributed by atoms with Gasteiger partial charge in [-0.2, -0.15) is 0 Å².